The Morgan fingerprint density at radius 1 is 1.24 bits per heavy atom. The Kier molecular flexibility index (Phi) is 3.94. The third-order valence-corrected chi connectivity index (χ3v) is 3.42. The fourth-order valence-electron chi connectivity index (χ4n) is 2.08. The van der Waals surface area contributed by atoms with Gasteiger partial charge in [0.25, 0.3) is 0 Å². The van der Waals surface area contributed by atoms with E-state index in [4.69, 9.17) is 27.9 Å². The number of hydrogen-bond acceptors (Lipinski definition) is 4. The lowest BCUT2D eigenvalue weighted by Gasteiger charge is -2.07. The lowest BCUT2D eigenvalue weighted by molar-refractivity contribution is 0.340. The van der Waals surface area contributed by atoms with E-state index in [0.717, 1.165) is 11.3 Å². The van der Waals surface area contributed by atoms with E-state index in [0.29, 0.717) is 29.3 Å². The summed E-state index contributed by atoms with van der Waals surface area (Å²) in [5, 5.41) is 5.39. The van der Waals surface area contributed by atoms with Gasteiger partial charge in [-0.05, 0) is 36.2 Å². The molecule has 0 amide bonds. The largest absolute Gasteiger partial charge is 0.494 e. The van der Waals surface area contributed by atoms with Gasteiger partial charge in [0.05, 0.1) is 24.7 Å². The van der Waals surface area contributed by atoms with Crippen LogP contribution in [0.15, 0.2) is 30.5 Å². The topological polar surface area (TPSA) is 52.8 Å². The maximum absolute atomic E-state index is 6.04. The minimum absolute atomic E-state index is 0.109. The van der Waals surface area contributed by atoms with E-state index in [1.165, 1.54) is 0 Å². The predicted molar refractivity (Wildman–Crippen MR) is 82.1 cm³/mol. The van der Waals surface area contributed by atoms with E-state index in [2.05, 4.69) is 15.1 Å². The van der Waals surface area contributed by atoms with E-state index in [9.17, 15) is 0 Å². The summed E-state index contributed by atoms with van der Waals surface area (Å²) >= 11 is 11.9. The van der Waals surface area contributed by atoms with E-state index >= 15 is 0 Å². The fourth-order valence-corrected chi connectivity index (χ4v) is 2.51. The first-order chi connectivity index (χ1) is 10.2. The number of fused-ring (bicyclic) bond motifs is 1. The van der Waals surface area contributed by atoms with Crippen LogP contribution in [0.25, 0.3) is 11.0 Å². The Morgan fingerprint density at radius 3 is 2.90 bits per heavy atom. The van der Waals surface area contributed by atoms with Crippen LogP contribution in [0.3, 0.4) is 0 Å². The Morgan fingerprint density at radius 2 is 2.10 bits per heavy atom. The van der Waals surface area contributed by atoms with Crippen molar-refractivity contribution in [1.82, 2.24) is 19.7 Å². The molecule has 0 spiro atoms. The van der Waals surface area contributed by atoms with Crippen LogP contribution in [0.1, 0.15) is 12.5 Å². The number of ether oxygens (including phenoxy) is 1. The highest BCUT2D eigenvalue weighted by Gasteiger charge is 2.11. The summed E-state index contributed by atoms with van der Waals surface area (Å²) in [6.45, 7) is 3.13. The van der Waals surface area contributed by atoms with Crippen LogP contribution in [-0.2, 0) is 6.54 Å². The number of halogens is 2. The number of hydrogen-bond donors (Lipinski definition) is 0. The predicted octanol–water partition coefficient (Wildman–Crippen LogP) is 3.58. The lowest BCUT2D eigenvalue weighted by atomic mass is 10.2. The molecule has 3 rings (SSSR count). The van der Waals surface area contributed by atoms with Crippen molar-refractivity contribution in [2.24, 2.45) is 0 Å². The quantitative estimate of drug-likeness (QED) is 0.544. The highest BCUT2D eigenvalue weighted by Crippen LogP contribution is 2.22. The smallest absolute Gasteiger partial charge is 0.225 e. The van der Waals surface area contributed by atoms with Crippen LogP contribution in [0.4, 0.5) is 0 Å². The number of benzene rings is 1. The molecule has 0 atom stereocenters. The summed E-state index contributed by atoms with van der Waals surface area (Å²) in [4.78, 5) is 8.10. The summed E-state index contributed by atoms with van der Waals surface area (Å²) in [6.07, 6.45) is 1.64. The van der Waals surface area contributed by atoms with Gasteiger partial charge in [-0.2, -0.15) is 10.1 Å². The van der Waals surface area contributed by atoms with Gasteiger partial charge in [0.1, 0.15) is 10.9 Å². The van der Waals surface area contributed by atoms with Gasteiger partial charge in [0.15, 0.2) is 5.65 Å². The van der Waals surface area contributed by atoms with E-state index in [1.807, 2.05) is 31.2 Å². The van der Waals surface area contributed by atoms with Crippen LogP contribution in [0, 0.1) is 0 Å². The van der Waals surface area contributed by atoms with E-state index in [1.54, 1.807) is 10.9 Å². The first-order valence-electron chi connectivity index (χ1n) is 6.43. The molecule has 0 bridgehead atoms. The van der Waals surface area contributed by atoms with Gasteiger partial charge in [-0.3, -0.25) is 0 Å². The molecular formula is C14H12Cl2N4O. The zero-order chi connectivity index (χ0) is 14.8. The third-order valence-electron chi connectivity index (χ3n) is 2.96. The minimum atomic E-state index is 0.109. The van der Waals surface area contributed by atoms with Gasteiger partial charge < -0.3 is 4.74 Å². The Balaban J connectivity index is 1.96. The zero-order valence-electron chi connectivity index (χ0n) is 11.3. The van der Waals surface area contributed by atoms with Gasteiger partial charge in [-0.25, -0.2) is 9.67 Å². The molecule has 3 aromatic rings. The maximum Gasteiger partial charge on any atom is 0.225 e. The molecule has 0 radical (unpaired) electrons. The van der Waals surface area contributed by atoms with Gasteiger partial charge in [-0.15, -0.1) is 0 Å². The summed E-state index contributed by atoms with van der Waals surface area (Å²) < 4.78 is 7.23. The summed E-state index contributed by atoms with van der Waals surface area (Å²) in [5.41, 5.74) is 1.67. The second-order valence-electron chi connectivity index (χ2n) is 4.40. The molecule has 2 aromatic heterocycles. The van der Waals surface area contributed by atoms with Crippen molar-refractivity contribution in [3.63, 3.8) is 0 Å². The van der Waals surface area contributed by atoms with Crippen molar-refractivity contribution in [1.29, 1.82) is 0 Å². The molecule has 0 aliphatic rings. The van der Waals surface area contributed by atoms with Crippen LogP contribution in [0.5, 0.6) is 5.75 Å². The molecule has 1 aromatic carbocycles. The summed E-state index contributed by atoms with van der Waals surface area (Å²) in [7, 11) is 0. The highest BCUT2D eigenvalue weighted by molar-refractivity contribution is 6.35. The molecule has 108 valence electrons. The monoisotopic (exact) mass is 322 g/mol. The summed E-state index contributed by atoms with van der Waals surface area (Å²) in [5.74, 6) is 0.831. The van der Waals surface area contributed by atoms with E-state index in [-0.39, 0.29) is 5.28 Å². The molecular weight excluding hydrogens is 311 g/mol. The third kappa shape index (κ3) is 2.94. The molecule has 5 nitrogen and oxygen atoms in total. The van der Waals surface area contributed by atoms with Crippen molar-refractivity contribution in [2.75, 3.05) is 6.61 Å². The normalized spacial score (nSPS) is 11.0. The molecule has 2 heterocycles. The standard InChI is InChI=1S/C14H12Cl2N4O/c1-2-21-10-5-3-4-9(6-10)8-20-13-11(7-17-20)12(15)18-14(16)19-13/h3-7H,2,8H2,1H3. The maximum atomic E-state index is 6.04. The van der Waals surface area contributed by atoms with Crippen molar-refractivity contribution >= 4 is 34.2 Å². The molecule has 0 aliphatic heterocycles. The lowest BCUT2D eigenvalue weighted by Crippen LogP contribution is -2.03. The van der Waals surface area contributed by atoms with Gasteiger partial charge in [0, 0.05) is 0 Å². The molecule has 0 saturated carbocycles. The van der Waals surface area contributed by atoms with Crippen molar-refractivity contribution in [3.8, 4) is 5.75 Å². The molecule has 7 heteroatoms. The first-order valence-corrected chi connectivity index (χ1v) is 7.19. The first kappa shape index (κ1) is 14.1. The molecule has 0 fully saturated rings. The van der Waals surface area contributed by atoms with E-state index < -0.39 is 0 Å². The Bertz CT molecular complexity index is 788. The minimum Gasteiger partial charge on any atom is -0.494 e. The Hall–Kier alpha value is -1.85. The average molecular weight is 323 g/mol. The molecule has 0 aliphatic carbocycles. The fraction of sp³-hybridized carbons (Fsp3) is 0.214. The number of nitrogens with zero attached hydrogens (tertiary/aromatic N) is 4. The average Bonchev–Trinajstić information content (AvgIpc) is 2.83. The summed E-state index contributed by atoms with van der Waals surface area (Å²) in [6, 6.07) is 7.84. The van der Waals surface area contributed by atoms with Crippen molar-refractivity contribution < 1.29 is 4.74 Å². The number of aromatic nitrogens is 4. The SMILES string of the molecule is CCOc1cccc(Cn2ncc3c(Cl)nc(Cl)nc32)c1. The van der Waals surface area contributed by atoms with Gasteiger partial charge in [0.2, 0.25) is 5.28 Å². The van der Waals surface area contributed by atoms with Gasteiger partial charge >= 0.3 is 0 Å². The molecule has 21 heavy (non-hydrogen) atoms. The molecule has 0 N–H and O–H groups in total. The zero-order valence-corrected chi connectivity index (χ0v) is 12.8. The second kappa shape index (κ2) is 5.87. The van der Waals surface area contributed by atoms with Gasteiger partial charge in [-0.1, -0.05) is 23.7 Å². The van der Waals surface area contributed by atoms with Crippen LogP contribution in [0.2, 0.25) is 10.4 Å². The van der Waals surface area contributed by atoms with Crippen LogP contribution >= 0.6 is 23.2 Å². The second-order valence-corrected chi connectivity index (χ2v) is 5.10. The molecule has 0 saturated heterocycles. The molecule has 0 unspecified atom stereocenters. The van der Waals surface area contributed by atoms with Crippen LogP contribution < -0.4 is 4.74 Å². The number of rotatable bonds is 4. The van der Waals surface area contributed by atoms with Crippen LogP contribution in [-0.4, -0.2) is 26.4 Å². The Labute approximate surface area is 131 Å². The van der Waals surface area contributed by atoms with Crippen molar-refractivity contribution in [2.45, 2.75) is 13.5 Å². The van der Waals surface area contributed by atoms with Crippen molar-refractivity contribution in [3.05, 3.63) is 46.5 Å². The highest BCUT2D eigenvalue weighted by atomic mass is 35.5.